The van der Waals surface area contributed by atoms with Gasteiger partial charge in [0.2, 0.25) is 0 Å². The van der Waals surface area contributed by atoms with Gasteiger partial charge in [-0.3, -0.25) is 0 Å². The fraction of sp³-hybridized carbons (Fsp3) is 0.200. The van der Waals surface area contributed by atoms with Gasteiger partial charge in [0.1, 0.15) is 11.5 Å². The summed E-state index contributed by atoms with van der Waals surface area (Å²) in [5.74, 6) is -2.11. The third-order valence-electron chi connectivity index (χ3n) is 6.47. The molecule has 4 rings (SSSR count). The first-order valence-electron chi connectivity index (χ1n) is 10.0. The fourth-order valence-electron chi connectivity index (χ4n) is 4.20. The van der Waals surface area contributed by atoms with Gasteiger partial charge in [0.15, 0.2) is 5.60 Å². The molecule has 0 spiro atoms. The summed E-state index contributed by atoms with van der Waals surface area (Å²) in [4.78, 5) is 24.8. The highest BCUT2D eigenvalue weighted by atomic mass is 79.9. The van der Waals surface area contributed by atoms with Gasteiger partial charge in [-0.25, -0.2) is 9.59 Å². The molecule has 6 nitrogen and oxygen atoms in total. The predicted molar refractivity (Wildman–Crippen MR) is 129 cm³/mol. The van der Waals surface area contributed by atoms with Crippen LogP contribution >= 0.6 is 31.9 Å². The minimum Gasteiger partial charge on any atom is -0.507 e. The van der Waals surface area contributed by atoms with Crippen molar-refractivity contribution in [3.63, 3.8) is 0 Å². The van der Waals surface area contributed by atoms with E-state index in [2.05, 4.69) is 31.9 Å². The monoisotopic (exact) mass is 574 g/mol. The Hall–Kier alpha value is -2.84. The van der Waals surface area contributed by atoms with Crippen LogP contribution in [-0.4, -0.2) is 27.3 Å². The highest BCUT2D eigenvalue weighted by molar-refractivity contribution is 9.10. The first-order chi connectivity index (χ1) is 15.4. The molecule has 0 saturated heterocycles. The van der Waals surface area contributed by atoms with Crippen molar-refractivity contribution >= 4 is 43.8 Å². The van der Waals surface area contributed by atoms with Crippen molar-refractivity contribution in [1.82, 2.24) is 0 Å². The molecular weight excluding hydrogens is 556 g/mol. The molecule has 0 atom stereocenters. The molecule has 3 N–H and O–H groups in total. The number of phenolic OH excluding ortho intramolecular Hbond substituents is 2. The molecule has 33 heavy (non-hydrogen) atoms. The Balaban J connectivity index is 2.24. The highest BCUT2D eigenvalue weighted by Crippen LogP contribution is 2.54. The summed E-state index contributed by atoms with van der Waals surface area (Å²) in [7, 11) is 0. The lowest BCUT2D eigenvalue weighted by Crippen LogP contribution is -2.31. The van der Waals surface area contributed by atoms with Crippen LogP contribution in [0.1, 0.15) is 59.7 Å². The number of fused-ring (bicyclic) bond motifs is 1. The number of carboxylic acid groups (broad SMARTS) is 1. The van der Waals surface area contributed by atoms with E-state index in [1.807, 2.05) is 13.8 Å². The summed E-state index contributed by atoms with van der Waals surface area (Å²) in [6.45, 7) is 7.12. The third-order valence-corrected chi connectivity index (χ3v) is 8.12. The fourth-order valence-corrected chi connectivity index (χ4v) is 5.25. The zero-order valence-electron chi connectivity index (χ0n) is 18.2. The topological polar surface area (TPSA) is 104 Å². The van der Waals surface area contributed by atoms with Crippen LogP contribution in [0.4, 0.5) is 0 Å². The number of carboxylic acids is 1. The summed E-state index contributed by atoms with van der Waals surface area (Å²) in [6, 6.07) is 7.34. The summed E-state index contributed by atoms with van der Waals surface area (Å²) in [5.41, 5.74) is 1.65. The van der Waals surface area contributed by atoms with Gasteiger partial charge in [-0.1, -0.05) is 31.9 Å². The molecule has 170 valence electrons. The van der Waals surface area contributed by atoms with E-state index in [0.717, 1.165) is 11.1 Å². The molecule has 0 aromatic heterocycles. The number of phenols is 2. The second kappa shape index (κ2) is 7.88. The van der Waals surface area contributed by atoms with Gasteiger partial charge in [-0.2, -0.15) is 0 Å². The van der Waals surface area contributed by atoms with Crippen LogP contribution in [0.3, 0.4) is 0 Å². The average molecular weight is 576 g/mol. The second-order valence-electron chi connectivity index (χ2n) is 8.15. The van der Waals surface area contributed by atoms with Gasteiger partial charge in [-0.15, -0.1) is 0 Å². The van der Waals surface area contributed by atoms with E-state index in [9.17, 15) is 24.9 Å². The van der Waals surface area contributed by atoms with E-state index in [-0.39, 0.29) is 39.3 Å². The number of aromatic hydroxyl groups is 2. The smallest absolute Gasteiger partial charge is 0.340 e. The molecule has 0 saturated carbocycles. The van der Waals surface area contributed by atoms with E-state index in [4.69, 9.17) is 4.74 Å². The van der Waals surface area contributed by atoms with Gasteiger partial charge < -0.3 is 20.1 Å². The molecule has 3 aromatic rings. The van der Waals surface area contributed by atoms with Gasteiger partial charge in [-0.05, 0) is 80.3 Å². The number of rotatable bonds is 3. The number of cyclic esters (lactones) is 1. The van der Waals surface area contributed by atoms with Crippen LogP contribution in [-0.2, 0) is 10.3 Å². The van der Waals surface area contributed by atoms with Crippen LogP contribution < -0.4 is 0 Å². The summed E-state index contributed by atoms with van der Waals surface area (Å²) in [6.07, 6.45) is 0. The quantitative estimate of drug-likeness (QED) is 0.330. The molecule has 1 aliphatic rings. The summed E-state index contributed by atoms with van der Waals surface area (Å²) >= 11 is 7.02. The highest BCUT2D eigenvalue weighted by Gasteiger charge is 2.52. The number of carbonyl (C=O) groups excluding carboxylic acids is 1. The first kappa shape index (κ1) is 23.3. The number of carbonyl (C=O) groups is 2. The van der Waals surface area contributed by atoms with E-state index in [0.29, 0.717) is 20.1 Å². The van der Waals surface area contributed by atoms with Gasteiger partial charge >= 0.3 is 11.9 Å². The number of hydrogen-bond donors (Lipinski definition) is 3. The summed E-state index contributed by atoms with van der Waals surface area (Å²) < 4.78 is 7.32. The number of aromatic carboxylic acids is 1. The number of esters is 1. The van der Waals surface area contributed by atoms with Crippen molar-refractivity contribution in [3.05, 3.63) is 89.3 Å². The maximum atomic E-state index is 13.0. The Labute approximate surface area is 207 Å². The molecule has 0 unspecified atom stereocenters. The van der Waals surface area contributed by atoms with Crippen LogP contribution in [0.15, 0.2) is 39.3 Å². The predicted octanol–water partition coefficient (Wildman–Crippen LogP) is 6.02. The Morgan fingerprint density at radius 2 is 1.30 bits per heavy atom. The van der Waals surface area contributed by atoms with Gasteiger partial charge in [0.25, 0.3) is 0 Å². The molecule has 8 heteroatoms. The van der Waals surface area contributed by atoms with E-state index < -0.39 is 17.5 Å². The van der Waals surface area contributed by atoms with Crippen molar-refractivity contribution in [2.45, 2.75) is 33.3 Å². The molecule has 0 amide bonds. The molecule has 3 aromatic carbocycles. The number of ether oxygens (including phenoxy) is 1. The third kappa shape index (κ3) is 3.27. The normalized spacial score (nSPS) is 14.2. The SMILES string of the molecule is Cc1c(Br)cc(C2(c3cc(Br)c(C)c(C)c3O)OC(=O)c3ccc(C(=O)O)cc32)c(O)c1C. The lowest BCUT2D eigenvalue weighted by molar-refractivity contribution is 0.0238. The zero-order chi connectivity index (χ0) is 24.4. The Morgan fingerprint density at radius 3 is 1.76 bits per heavy atom. The molecular formula is C25H20Br2O6. The zero-order valence-corrected chi connectivity index (χ0v) is 21.4. The number of benzene rings is 3. The average Bonchev–Trinajstić information content (AvgIpc) is 3.08. The maximum absolute atomic E-state index is 13.0. The van der Waals surface area contributed by atoms with Gasteiger partial charge in [0, 0.05) is 25.6 Å². The van der Waals surface area contributed by atoms with Crippen LogP contribution in [0, 0.1) is 27.7 Å². The number of hydrogen-bond acceptors (Lipinski definition) is 5. The molecule has 0 aliphatic carbocycles. The minimum atomic E-state index is -1.78. The molecule has 1 aliphatic heterocycles. The van der Waals surface area contributed by atoms with Gasteiger partial charge in [0.05, 0.1) is 11.1 Å². The maximum Gasteiger partial charge on any atom is 0.340 e. The lowest BCUT2D eigenvalue weighted by Gasteiger charge is -2.33. The second-order valence-corrected chi connectivity index (χ2v) is 9.85. The Morgan fingerprint density at radius 1 is 0.818 bits per heavy atom. The Bertz CT molecular complexity index is 1310. The van der Waals surface area contributed by atoms with Crippen LogP contribution in [0.5, 0.6) is 11.5 Å². The molecule has 0 bridgehead atoms. The van der Waals surface area contributed by atoms with Crippen molar-refractivity contribution in [2.24, 2.45) is 0 Å². The molecule has 0 radical (unpaired) electrons. The van der Waals surface area contributed by atoms with Crippen LogP contribution in [0.2, 0.25) is 0 Å². The Kier molecular flexibility index (Phi) is 5.57. The van der Waals surface area contributed by atoms with E-state index in [1.54, 1.807) is 26.0 Å². The van der Waals surface area contributed by atoms with E-state index >= 15 is 0 Å². The molecule has 0 fully saturated rings. The van der Waals surface area contributed by atoms with Crippen LogP contribution in [0.25, 0.3) is 0 Å². The van der Waals surface area contributed by atoms with Crippen molar-refractivity contribution in [3.8, 4) is 11.5 Å². The first-order valence-corrected chi connectivity index (χ1v) is 11.6. The van der Waals surface area contributed by atoms with Crippen molar-refractivity contribution in [2.75, 3.05) is 0 Å². The van der Waals surface area contributed by atoms with Crippen molar-refractivity contribution < 1.29 is 29.6 Å². The van der Waals surface area contributed by atoms with E-state index in [1.165, 1.54) is 18.2 Å². The lowest BCUT2D eigenvalue weighted by atomic mass is 9.77. The summed E-state index contributed by atoms with van der Waals surface area (Å²) in [5, 5.41) is 32.1. The largest absolute Gasteiger partial charge is 0.507 e. The number of halogens is 2. The standard InChI is InChI=1S/C25H20Br2O6/c1-10-12(3)21(28)17(8-19(10)26)25(18-9-20(27)11(2)13(4)22(18)29)16-7-14(23(30)31)5-6-15(16)24(32)33-25/h5-9,28-29H,1-4H3,(H,30,31). The molecule has 1 heterocycles. The minimum absolute atomic E-state index is 0.0544. The van der Waals surface area contributed by atoms with Crippen molar-refractivity contribution in [1.29, 1.82) is 0 Å².